The van der Waals surface area contributed by atoms with Crippen molar-refractivity contribution in [2.24, 2.45) is 0 Å². The van der Waals surface area contributed by atoms with E-state index < -0.39 is 0 Å². The first-order valence-electron chi connectivity index (χ1n) is 7.47. The topological polar surface area (TPSA) is 73.9 Å². The van der Waals surface area contributed by atoms with E-state index in [9.17, 15) is 4.79 Å². The maximum atomic E-state index is 11.9. The molecule has 0 spiro atoms. The molecule has 0 saturated heterocycles. The molecule has 0 aliphatic carbocycles. The molecule has 120 valence electrons. The Labute approximate surface area is 139 Å². The van der Waals surface area contributed by atoms with Crippen molar-refractivity contribution in [1.29, 1.82) is 0 Å². The molecule has 0 saturated carbocycles. The van der Waals surface area contributed by atoms with Gasteiger partial charge in [-0.15, -0.1) is 0 Å². The number of H-pyrrole nitrogens is 1. The quantitative estimate of drug-likeness (QED) is 0.847. The Hall–Kier alpha value is -2.34. The summed E-state index contributed by atoms with van der Waals surface area (Å²) in [5.74, 6) is 0.622. The molecule has 2 aromatic rings. The van der Waals surface area contributed by atoms with Crippen LogP contribution in [0.5, 0.6) is 0 Å². The smallest absolute Gasteiger partial charge is 0.246 e. The molecule has 1 atom stereocenters. The molecule has 3 rings (SSSR count). The summed E-state index contributed by atoms with van der Waals surface area (Å²) < 4.78 is 0. The minimum Gasteiger partial charge on any atom is -0.344 e. The molecule has 7 heteroatoms. The first-order valence-corrected chi connectivity index (χ1v) is 7.84. The highest BCUT2D eigenvalue weighted by atomic mass is 35.5. The minimum atomic E-state index is -0.0481. The minimum absolute atomic E-state index is 0.0481. The molecule has 2 N–H and O–H groups in total. The second-order valence-corrected chi connectivity index (χ2v) is 5.93. The Kier molecular flexibility index (Phi) is 4.34. The third kappa shape index (κ3) is 3.07. The van der Waals surface area contributed by atoms with Crippen LogP contribution in [-0.4, -0.2) is 38.3 Å². The number of carbonyl (C=O) groups excluding carboxylic acids is 1. The van der Waals surface area contributed by atoms with E-state index in [1.807, 2.05) is 13.0 Å². The first-order chi connectivity index (χ1) is 11.1. The summed E-state index contributed by atoms with van der Waals surface area (Å²) in [6.07, 6.45) is 8.25. The largest absolute Gasteiger partial charge is 0.344 e. The van der Waals surface area contributed by atoms with Crippen LogP contribution in [0.25, 0.3) is 11.0 Å². The maximum absolute atomic E-state index is 11.9. The number of fused-ring (bicyclic) bond motifs is 1. The third-order valence-corrected chi connectivity index (χ3v) is 4.35. The summed E-state index contributed by atoms with van der Waals surface area (Å²) in [4.78, 5) is 25.2. The summed E-state index contributed by atoms with van der Waals surface area (Å²) in [6, 6.07) is 0.164. The van der Waals surface area contributed by atoms with E-state index in [-0.39, 0.29) is 11.9 Å². The molecule has 0 aromatic carbocycles. The lowest BCUT2D eigenvalue weighted by molar-refractivity contribution is -0.127. The van der Waals surface area contributed by atoms with Gasteiger partial charge in [0.05, 0.1) is 10.4 Å². The van der Waals surface area contributed by atoms with Crippen molar-refractivity contribution in [3.05, 3.63) is 42.0 Å². The van der Waals surface area contributed by atoms with Crippen molar-refractivity contribution in [2.75, 3.05) is 11.9 Å². The van der Waals surface area contributed by atoms with Crippen LogP contribution in [0.1, 0.15) is 19.8 Å². The highest BCUT2D eigenvalue weighted by Crippen LogP contribution is 2.29. The van der Waals surface area contributed by atoms with Crippen LogP contribution in [0.4, 0.5) is 5.82 Å². The van der Waals surface area contributed by atoms with Gasteiger partial charge in [0.15, 0.2) is 0 Å². The van der Waals surface area contributed by atoms with Crippen LogP contribution in [0, 0.1) is 0 Å². The number of aromatic amines is 1. The number of rotatable bonds is 3. The SMILES string of the molecule is C=CC(=O)N1CC=C(Nc2ncnc3[nH]cc(Cl)c23)CC[C@@H]1C. The molecule has 0 fully saturated rings. The van der Waals surface area contributed by atoms with Crippen molar-refractivity contribution in [2.45, 2.75) is 25.8 Å². The van der Waals surface area contributed by atoms with E-state index in [2.05, 4.69) is 26.8 Å². The van der Waals surface area contributed by atoms with Gasteiger partial charge in [-0.05, 0) is 31.9 Å². The van der Waals surface area contributed by atoms with Crippen LogP contribution in [0.3, 0.4) is 0 Å². The lowest BCUT2D eigenvalue weighted by atomic mass is 10.1. The molecule has 23 heavy (non-hydrogen) atoms. The van der Waals surface area contributed by atoms with Gasteiger partial charge in [-0.2, -0.15) is 0 Å². The number of nitrogens with zero attached hydrogens (tertiary/aromatic N) is 3. The summed E-state index contributed by atoms with van der Waals surface area (Å²) in [7, 11) is 0. The molecule has 0 unspecified atom stereocenters. The van der Waals surface area contributed by atoms with E-state index in [1.165, 1.54) is 12.4 Å². The van der Waals surface area contributed by atoms with Crippen molar-refractivity contribution >= 4 is 34.4 Å². The number of hydrogen-bond donors (Lipinski definition) is 2. The number of nitrogens with one attached hydrogen (secondary N) is 2. The number of aromatic nitrogens is 3. The summed E-state index contributed by atoms with van der Waals surface area (Å²) >= 11 is 6.20. The van der Waals surface area contributed by atoms with E-state index in [0.29, 0.717) is 23.0 Å². The van der Waals surface area contributed by atoms with Gasteiger partial charge in [0.1, 0.15) is 17.8 Å². The second-order valence-electron chi connectivity index (χ2n) is 5.52. The Morgan fingerprint density at radius 2 is 2.39 bits per heavy atom. The van der Waals surface area contributed by atoms with E-state index in [1.54, 1.807) is 11.1 Å². The number of hydrogen-bond acceptors (Lipinski definition) is 4. The molecule has 0 radical (unpaired) electrons. The van der Waals surface area contributed by atoms with Gasteiger partial charge >= 0.3 is 0 Å². The highest BCUT2D eigenvalue weighted by molar-refractivity contribution is 6.36. The van der Waals surface area contributed by atoms with E-state index in [0.717, 1.165) is 23.9 Å². The molecule has 1 aliphatic rings. The fourth-order valence-electron chi connectivity index (χ4n) is 2.72. The zero-order valence-electron chi connectivity index (χ0n) is 12.8. The van der Waals surface area contributed by atoms with Crippen LogP contribution in [0.2, 0.25) is 5.02 Å². The molecular formula is C16H18ClN5O. The van der Waals surface area contributed by atoms with Gasteiger partial charge in [-0.1, -0.05) is 18.2 Å². The maximum Gasteiger partial charge on any atom is 0.246 e. The zero-order valence-corrected chi connectivity index (χ0v) is 13.6. The monoisotopic (exact) mass is 331 g/mol. The predicted molar refractivity (Wildman–Crippen MR) is 91.2 cm³/mol. The van der Waals surface area contributed by atoms with Crippen LogP contribution >= 0.6 is 11.6 Å². The van der Waals surface area contributed by atoms with Crippen molar-refractivity contribution in [3.63, 3.8) is 0 Å². The standard InChI is InChI=1S/C16H18ClN5O/c1-3-13(23)22-7-6-11(5-4-10(22)2)21-16-14-12(17)8-18-15(14)19-9-20-16/h3,6,8-10H,1,4-5,7H2,2H3,(H2,18,19,20,21)/t10-/m0/s1. The Morgan fingerprint density at radius 3 is 3.17 bits per heavy atom. The molecule has 1 amide bonds. The van der Waals surface area contributed by atoms with Crippen LogP contribution in [-0.2, 0) is 4.79 Å². The number of halogens is 1. The average molecular weight is 332 g/mol. The lowest BCUT2D eigenvalue weighted by Crippen LogP contribution is -2.36. The molecule has 2 aromatic heterocycles. The number of allylic oxidation sites excluding steroid dienone is 1. The second kappa shape index (κ2) is 6.42. The van der Waals surface area contributed by atoms with Crippen LogP contribution in [0.15, 0.2) is 37.0 Å². The fourth-order valence-corrected chi connectivity index (χ4v) is 2.95. The number of carbonyl (C=O) groups is 1. The lowest BCUT2D eigenvalue weighted by Gasteiger charge is -2.25. The van der Waals surface area contributed by atoms with E-state index in [4.69, 9.17) is 11.6 Å². The molecule has 3 heterocycles. The molecule has 1 aliphatic heterocycles. The van der Waals surface area contributed by atoms with Gasteiger partial charge < -0.3 is 15.2 Å². The van der Waals surface area contributed by atoms with Crippen molar-refractivity contribution in [1.82, 2.24) is 19.9 Å². The van der Waals surface area contributed by atoms with Gasteiger partial charge in [-0.25, -0.2) is 9.97 Å². The Morgan fingerprint density at radius 1 is 1.57 bits per heavy atom. The van der Waals surface area contributed by atoms with Crippen LogP contribution < -0.4 is 5.32 Å². The van der Waals surface area contributed by atoms with Crippen molar-refractivity contribution < 1.29 is 4.79 Å². The fraction of sp³-hybridized carbons (Fsp3) is 0.312. The van der Waals surface area contributed by atoms with Gasteiger partial charge in [0.25, 0.3) is 0 Å². The van der Waals surface area contributed by atoms with E-state index >= 15 is 0 Å². The summed E-state index contributed by atoms with van der Waals surface area (Å²) in [5, 5.41) is 4.68. The van der Waals surface area contributed by atoms with Gasteiger partial charge in [-0.3, -0.25) is 4.79 Å². The van der Waals surface area contributed by atoms with Gasteiger partial charge in [0, 0.05) is 24.5 Å². The summed E-state index contributed by atoms with van der Waals surface area (Å²) in [6.45, 7) is 6.15. The Balaban J connectivity index is 1.84. The molecule has 0 bridgehead atoms. The zero-order chi connectivity index (χ0) is 16.4. The molecular weight excluding hydrogens is 314 g/mol. The number of amides is 1. The summed E-state index contributed by atoms with van der Waals surface area (Å²) in [5.41, 5.74) is 1.71. The third-order valence-electron chi connectivity index (χ3n) is 4.06. The normalized spacial score (nSPS) is 18.4. The molecule has 6 nitrogen and oxygen atoms in total. The first kappa shape index (κ1) is 15.6. The highest BCUT2D eigenvalue weighted by Gasteiger charge is 2.21. The average Bonchev–Trinajstić information content (AvgIpc) is 2.84. The van der Waals surface area contributed by atoms with Gasteiger partial charge in [0.2, 0.25) is 5.91 Å². The van der Waals surface area contributed by atoms with Crippen molar-refractivity contribution in [3.8, 4) is 0 Å². The predicted octanol–water partition coefficient (Wildman–Crippen LogP) is 3.10. The Bertz CT molecular complexity index is 782. The number of anilines is 1.